The van der Waals surface area contributed by atoms with Crippen LogP contribution >= 0.6 is 11.6 Å². The molecule has 4 nitrogen and oxygen atoms in total. The number of nitrogens with one attached hydrogen (secondary N) is 1. The molecule has 0 aliphatic carbocycles. The molecule has 6 heteroatoms. The molecule has 0 spiro atoms. The van der Waals surface area contributed by atoms with E-state index < -0.39 is 5.82 Å². The van der Waals surface area contributed by atoms with Crippen LogP contribution in [0.1, 0.15) is 5.82 Å². The van der Waals surface area contributed by atoms with E-state index >= 15 is 0 Å². The van der Waals surface area contributed by atoms with Gasteiger partial charge in [0.2, 0.25) is 0 Å². The first-order valence-electron chi connectivity index (χ1n) is 5.16. The normalized spacial score (nSPS) is 10.4. The molecule has 1 aromatic carbocycles. The van der Waals surface area contributed by atoms with Gasteiger partial charge in [0.25, 0.3) is 0 Å². The lowest BCUT2D eigenvalue weighted by molar-refractivity contribution is -0.139. The summed E-state index contributed by atoms with van der Waals surface area (Å²) < 4.78 is 17.6. The van der Waals surface area contributed by atoms with Crippen molar-refractivity contribution in [3.8, 4) is 11.3 Å². The predicted octanol–water partition coefficient (Wildman–Crippen LogP) is 2.58. The highest BCUT2D eigenvalue weighted by molar-refractivity contribution is 6.31. The Balaban J connectivity index is 2.23. The lowest BCUT2D eigenvalue weighted by Gasteiger charge is -1.99. The SMILES string of the molecule is COC(=O)Cc1ncc(-c2ccc(F)c(Cl)c2)[nH]1. The number of aromatic nitrogens is 2. The second-order valence-corrected chi connectivity index (χ2v) is 4.03. The quantitative estimate of drug-likeness (QED) is 0.871. The van der Waals surface area contributed by atoms with Crippen molar-refractivity contribution in [3.05, 3.63) is 41.1 Å². The van der Waals surface area contributed by atoms with E-state index in [-0.39, 0.29) is 17.4 Å². The molecule has 0 radical (unpaired) electrons. The maximum Gasteiger partial charge on any atom is 0.313 e. The van der Waals surface area contributed by atoms with Gasteiger partial charge in [-0.25, -0.2) is 9.37 Å². The highest BCUT2D eigenvalue weighted by atomic mass is 35.5. The Kier molecular flexibility index (Phi) is 3.62. The van der Waals surface area contributed by atoms with Crippen LogP contribution in [0.4, 0.5) is 4.39 Å². The van der Waals surface area contributed by atoms with Crippen molar-refractivity contribution in [3.63, 3.8) is 0 Å². The third-order valence-electron chi connectivity index (χ3n) is 2.40. The van der Waals surface area contributed by atoms with Gasteiger partial charge in [-0.3, -0.25) is 4.79 Å². The second kappa shape index (κ2) is 5.18. The maximum absolute atomic E-state index is 13.0. The summed E-state index contributed by atoms with van der Waals surface area (Å²) >= 11 is 5.69. The van der Waals surface area contributed by atoms with Crippen molar-refractivity contribution in [1.82, 2.24) is 9.97 Å². The molecule has 0 aliphatic rings. The number of imidazole rings is 1. The van der Waals surface area contributed by atoms with Gasteiger partial charge in [-0.15, -0.1) is 0 Å². The van der Waals surface area contributed by atoms with Crippen molar-refractivity contribution in [2.75, 3.05) is 7.11 Å². The van der Waals surface area contributed by atoms with Crippen LogP contribution in [0.3, 0.4) is 0 Å². The Hall–Kier alpha value is -1.88. The number of halogens is 2. The van der Waals surface area contributed by atoms with Crippen LogP contribution in [0, 0.1) is 5.82 Å². The van der Waals surface area contributed by atoms with Gasteiger partial charge in [-0.1, -0.05) is 11.6 Å². The van der Waals surface area contributed by atoms with Crippen molar-refractivity contribution < 1.29 is 13.9 Å². The zero-order valence-corrected chi connectivity index (χ0v) is 10.3. The number of carbonyl (C=O) groups excluding carboxylic acids is 1. The molecule has 94 valence electrons. The lowest BCUT2D eigenvalue weighted by Crippen LogP contribution is -2.05. The van der Waals surface area contributed by atoms with E-state index in [0.29, 0.717) is 17.1 Å². The van der Waals surface area contributed by atoms with Gasteiger partial charge >= 0.3 is 5.97 Å². The Bertz CT molecular complexity index is 583. The van der Waals surface area contributed by atoms with Crippen LogP contribution in [0.25, 0.3) is 11.3 Å². The standard InChI is InChI=1S/C12H10ClFN2O2/c1-18-12(17)5-11-15-6-10(16-11)7-2-3-9(14)8(13)4-7/h2-4,6H,5H2,1H3,(H,15,16). The number of esters is 1. The minimum absolute atomic E-state index is 0.0385. The molecule has 0 fully saturated rings. The van der Waals surface area contributed by atoms with E-state index in [1.54, 1.807) is 12.3 Å². The van der Waals surface area contributed by atoms with Gasteiger partial charge in [-0.2, -0.15) is 0 Å². The summed E-state index contributed by atoms with van der Waals surface area (Å²) in [4.78, 5) is 18.1. The topological polar surface area (TPSA) is 55.0 Å². The fourth-order valence-electron chi connectivity index (χ4n) is 1.47. The predicted molar refractivity (Wildman–Crippen MR) is 64.7 cm³/mol. The van der Waals surface area contributed by atoms with E-state index in [9.17, 15) is 9.18 Å². The molecule has 2 rings (SSSR count). The fourth-order valence-corrected chi connectivity index (χ4v) is 1.65. The first-order valence-corrected chi connectivity index (χ1v) is 5.54. The highest BCUT2D eigenvalue weighted by Crippen LogP contribution is 2.23. The van der Waals surface area contributed by atoms with Crippen LogP contribution in [0.5, 0.6) is 0 Å². The molecule has 0 aliphatic heterocycles. The number of nitrogens with zero attached hydrogens (tertiary/aromatic N) is 1. The fraction of sp³-hybridized carbons (Fsp3) is 0.167. The summed E-state index contributed by atoms with van der Waals surface area (Å²) in [6, 6.07) is 4.35. The van der Waals surface area contributed by atoms with Crippen LogP contribution in [0.15, 0.2) is 24.4 Å². The lowest BCUT2D eigenvalue weighted by atomic mass is 10.2. The summed E-state index contributed by atoms with van der Waals surface area (Å²) in [6.45, 7) is 0. The summed E-state index contributed by atoms with van der Waals surface area (Å²) in [6.07, 6.45) is 1.62. The molecular formula is C12H10ClFN2O2. The zero-order chi connectivity index (χ0) is 13.1. The Morgan fingerprint density at radius 1 is 1.56 bits per heavy atom. The average Bonchev–Trinajstić information content (AvgIpc) is 2.81. The summed E-state index contributed by atoms with van der Waals surface area (Å²) in [5, 5.41) is 0.0385. The third kappa shape index (κ3) is 2.68. The first-order chi connectivity index (χ1) is 8.60. The van der Waals surface area contributed by atoms with Crippen LogP contribution in [-0.2, 0) is 16.0 Å². The summed E-state index contributed by atoms with van der Waals surface area (Å²) in [7, 11) is 1.31. The van der Waals surface area contributed by atoms with Crippen LogP contribution in [-0.4, -0.2) is 23.0 Å². The van der Waals surface area contributed by atoms with E-state index in [1.165, 1.54) is 19.2 Å². The Morgan fingerprint density at radius 2 is 2.33 bits per heavy atom. The molecule has 0 saturated carbocycles. The minimum Gasteiger partial charge on any atom is -0.469 e. The molecule has 0 amide bonds. The number of rotatable bonds is 3. The van der Waals surface area contributed by atoms with E-state index in [4.69, 9.17) is 11.6 Å². The minimum atomic E-state index is -0.477. The van der Waals surface area contributed by atoms with Crippen molar-refractivity contribution >= 4 is 17.6 Å². The number of methoxy groups -OCH3 is 1. The van der Waals surface area contributed by atoms with E-state index in [2.05, 4.69) is 14.7 Å². The van der Waals surface area contributed by atoms with Crippen LogP contribution < -0.4 is 0 Å². The van der Waals surface area contributed by atoms with Gasteiger partial charge < -0.3 is 9.72 Å². The Morgan fingerprint density at radius 3 is 3.00 bits per heavy atom. The molecule has 1 heterocycles. The van der Waals surface area contributed by atoms with Gasteiger partial charge in [0, 0.05) is 5.56 Å². The van der Waals surface area contributed by atoms with Gasteiger partial charge in [-0.05, 0) is 18.2 Å². The molecule has 0 atom stereocenters. The third-order valence-corrected chi connectivity index (χ3v) is 2.69. The number of hydrogen-bond acceptors (Lipinski definition) is 3. The molecule has 18 heavy (non-hydrogen) atoms. The molecule has 0 unspecified atom stereocenters. The maximum atomic E-state index is 13.0. The van der Waals surface area contributed by atoms with Crippen molar-refractivity contribution in [2.45, 2.75) is 6.42 Å². The van der Waals surface area contributed by atoms with Gasteiger partial charge in [0.05, 0.1) is 24.0 Å². The molecule has 1 N–H and O–H groups in total. The smallest absolute Gasteiger partial charge is 0.313 e. The zero-order valence-electron chi connectivity index (χ0n) is 9.54. The van der Waals surface area contributed by atoms with Crippen molar-refractivity contribution in [2.24, 2.45) is 0 Å². The number of benzene rings is 1. The van der Waals surface area contributed by atoms with Gasteiger partial charge in [0.1, 0.15) is 18.1 Å². The second-order valence-electron chi connectivity index (χ2n) is 3.63. The highest BCUT2D eigenvalue weighted by Gasteiger charge is 2.09. The largest absolute Gasteiger partial charge is 0.469 e. The van der Waals surface area contributed by atoms with E-state index in [1.807, 2.05) is 0 Å². The molecule has 0 bridgehead atoms. The molecule has 2 aromatic rings. The monoisotopic (exact) mass is 268 g/mol. The van der Waals surface area contributed by atoms with Crippen LogP contribution in [0.2, 0.25) is 5.02 Å². The molecule has 1 aromatic heterocycles. The van der Waals surface area contributed by atoms with E-state index in [0.717, 1.165) is 0 Å². The number of carbonyl (C=O) groups is 1. The molecule has 0 saturated heterocycles. The summed E-state index contributed by atoms with van der Waals surface area (Å²) in [5.74, 6) is -0.375. The number of aromatic amines is 1. The first kappa shape index (κ1) is 12.6. The average molecular weight is 269 g/mol. The summed E-state index contributed by atoms with van der Waals surface area (Å²) in [5.41, 5.74) is 1.36. The molecular weight excluding hydrogens is 259 g/mol. The van der Waals surface area contributed by atoms with Crippen molar-refractivity contribution in [1.29, 1.82) is 0 Å². The Labute approximate surface area is 108 Å². The number of H-pyrrole nitrogens is 1. The number of hydrogen-bond donors (Lipinski definition) is 1. The number of ether oxygens (including phenoxy) is 1. The van der Waals surface area contributed by atoms with Gasteiger partial charge in [0.15, 0.2) is 0 Å².